The number of carbonyl (C=O) groups excluding carboxylic acids is 1. The van der Waals surface area contributed by atoms with Gasteiger partial charge in [0.25, 0.3) is 0 Å². The van der Waals surface area contributed by atoms with Crippen molar-refractivity contribution in [2.45, 2.75) is 19.9 Å². The van der Waals surface area contributed by atoms with Crippen molar-refractivity contribution in [3.8, 4) is 0 Å². The summed E-state index contributed by atoms with van der Waals surface area (Å²) < 4.78 is 0. The zero-order valence-corrected chi connectivity index (χ0v) is 6.32. The average Bonchev–Trinajstić information content (AvgIpc) is 2.31. The number of nitrogens with zero attached hydrogens (tertiary/aromatic N) is 3. The molecule has 0 radical (unpaired) electrons. The first kappa shape index (κ1) is 7.71. The van der Waals surface area contributed by atoms with Crippen LogP contribution in [0.3, 0.4) is 0 Å². The van der Waals surface area contributed by atoms with E-state index in [2.05, 4.69) is 10.2 Å². The zero-order valence-electron chi connectivity index (χ0n) is 6.32. The number of anilines is 1. The van der Waals surface area contributed by atoms with E-state index in [9.17, 15) is 4.79 Å². The van der Waals surface area contributed by atoms with Crippen molar-refractivity contribution in [1.29, 1.82) is 0 Å². The second-order valence-corrected chi connectivity index (χ2v) is 2.32. The van der Waals surface area contributed by atoms with Crippen LogP contribution in [0.5, 0.6) is 0 Å². The lowest BCUT2D eigenvalue weighted by Crippen LogP contribution is -2.06. The minimum Gasteiger partial charge on any atom is -0.381 e. The Labute approximate surface area is 64.2 Å². The summed E-state index contributed by atoms with van der Waals surface area (Å²) in [5.41, 5.74) is 5.31. The molecule has 0 atom stereocenters. The summed E-state index contributed by atoms with van der Waals surface area (Å²) in [5.74, 6) is 0.509. The summed E-state index contributed by atoms with van der Waals surface area (Å²) >= 11 is 0. The highest BCUT2D eigenvalue weighted by Crippen LogP contribution is 1.92. The van der Waals surface area contributed by atoms with Crippen molar-refractivity contribution in [1.82, 2.24) is 15.0 Å². The second-order valence-electron chi connectivity index (χ2n) is 2.32. The molecule has 2 N–H and O–H groups in total. The molecule has 0 amide bonds. The normalized spacial score (nSPS) is 9.91. The topological polar surface area (TPSA) is 73.8 Å². The number of aromatic nitrogens is 3. The summed E-state index contributed by atoms with van der Waals surface area (Å²) in [7, 11) is 0. The van der Waals surface area contributed by atoms with Crippen molar-refractivity contribution in [2.75, 3.05) is 5.73 Å². The first-order valence-corrected chi connectivity index (χ1v) is 3.33. The summed E-state index contributed by atoms with van der Waals surface area (Å²) in [5, 5.41) is 7.63. The Morgan fingerprint density at radius 3 is 3.00 bits per heavy atom. The lowest BCUT2D eigenvalue weighted by atomic mass is 10.3. The molecular formula is C6H10N4O. The van der Waals surface area contributed by atoms with E-state index in [4.69, 9.17) is 5.73 Å². The second kappa shape index (κ2) is 3.14. The summed E-state index contributed by atoms with van der Waals surface area (Å²) in [4.78, 5) is 11.9. The van der Waals surface area contributed by atoms with Crippen molar-refractivity contribution >= 4 is 11.6 Å². The number of rotatable bonds is 3. The Balaban J connectivity index is 2.45. The van der Waals surface area contributed by atoms with Crippen LogP contribution in [0.4, 0.5) is 5.82 Å². The summed E-state index contributed by atoms with van der Waals surface area (Å²) in [6, 6.07) is 0. The quantitative estimate of drug-likeness (QED) is 0.656. The van der Waals surface area contributed by atoms with E-state index in [1.165, 1.54) is 17.9 Å². The van der Waals surface area contributed by atoms with Gasteiger partial charge in [-0.15, -0.1) is 5.10 Å². The predicted octanol–water partition coefficient (Wildman–Crippen LogP) is -0.161. The molecule has 60 valence electrons. The number of nitrogens with two attached hydrogens (primary N) is 1. The lowest BCUT2D eigenvalue weighted by Gasteiger charge is -1.94. The van der Waals surface area contributed by atoms with Gasteiger partial charge in [0.15, 0.2) is 5.82 Å². The Kier molecular flexibility index (Phi) is 2.20. The fourth-order valence-electron chi connectivity index (χ4n) is 0.676. The number of hydrogen-bond acceptors (Lipinski definition) is 4. The van der Waals surface area contributed by atoms with Crippen LogP contribution < -0.4 is 5.73 Å². The maximum Gasteiger partial charge on any atom is 0.165 e. The standard InChI is InChI=1S/C6H10N4O/c1-5(11)2-3-10-8-4-6(7)9-10/h4H,2-3H2,1H3,(H2,7,9). The maximum atomic E-state index is 10.5. The summed E-state index contributed by atoms with van der Waals surface area (Å²) in [6.07, 6.45) is 1.91. The highest BCUT2D eigenvalue weighted by molar-refractivity contribution is 5.75. The molecule has 5 heteroatoms. The van der Waals surface area contributed by atoms with Gasteiger partial charge in [-0.2, -0.15) is 9.90 Å². The number of ketones is 1. The first-order valence-electron chi connectivity index (χ1n) is 3.33. The van der Waals surface area contributed by atoms with E-state index in [-0.39, 0.29) is 5.78 Å². The van der Waals surface area contributed by atoms with Gasteiger partial charge in [-0.3, -0.25) is 4.79 Å². The molecule has 1 aromatic heterocycles. The highest BCUT2D eigenvalue weighted by Gasteiger charge is 1.97. The molecule has 11 heavy (non-hydrogen) atoms. The third-order valence-electron chi connectivity index (χ3n) is 1.22. The fraction of sp³-hybridized carbons (Fsp3) is 0.500. The minimum absolute atomic E-state index is 0.126. The third-order valence-corrected chi connectivity index (χ3v) is 1.22. The number of carbonyl (C=O) groups is 1. The van der Waals surface area contributed by atoms with Crippen LogP contribution in [0.1, 0.15) is 13.3 Å². The van der Waals surface area contributed by atoms with Gasteiger partial charge < -0.3 is 5.73 Å². The van der Waals surface area contributed by atoms with Crippen LogP contribution in [0, 0.1) is 0 Å². The molecule has 0 fully saturated rings. The van der Waals surface area contributed by atoms with Crippen LogP contribution in [0.25, 0.3) is 0 Å². The minimum atomic E-state index is 0.126. The molecule has 1 aromatic rings. The fourth-order valence-corrected chi connectivity index (χ4v) is 0.676. The van der Waals surface area contributed by atoms with Crippen LogP contribution in [0.2, 0.25) is 0 Å². The van der Waals surface area contributed by atoms with Gasteiger partial charge in [0.1, 0.15) is 5.78 Å². The third kappa shape index (κ3) is 2.37. The average molecular weight is 154 g/mol. The van der Waals surface area contributed by atoms with Gasteiger partial charge >= 0.3 is 0 Å². The lowest BCUT2D eigenvalue weighted by molar-refractivity contribution is -0.117. The number of hydrogen-bond donors (Lipinski definition) is 1. The Morgan fingerprint density at radius 2 is 2.55 bits per heavy atom. The number of nitrogen functional groups attached to an aromatic ring is 1. The molecule has 0 aliphatic carbocycles. The predicted molar refractivity (Wildman–Crippen MR) is 39.7 cm³/mol. The zero-order chi connectivity index (χ0) is 8.27. The Morgan fingerprint density at radius 1 is 1.82 bits per heavy atom. The van der Waals surface area contributed by atoms with Gasteiger partial charge in [-0.25, -0.2) is 0 Å². The van der Waals surface area contributed by atoms with Gasteiger partial charge in [-0.05, 0) is 6.92 Å². The first-order chi connectivity index (χ1) is 5.18. The smallest absolute Gasteiger partial charge is 0.165 e. The van der Waals surface area contributed by atoms with Crippen molar-refractivity contribution < 1.29 is 4.79 Å². The van der Waals surface area contributed by atoms with E-state index in [0.29, 0.717) is 18.8 Å². The molecule has 0 aromatic carbocycles. The van der Waals surface area contributed by atoms with Crippen LogP contribution >= 0.6 is 0 Å². The van der Waals surface area contributed by atoms with Crippen molar-refractivity contribution in [3.05, 3.63) is 6.20 Å². The van der Waals surface area contributed by atoms with E-state index in [0.717, 1.165) is 0 Å². The van der Waals surface area contributed by atoms with Gasteiger partial charge in [0.05, 0.1) is 12.7 Å². The van der Waals surface area contributed by atoms with E-state index >= 15 is 0 Å². The molecule has 0 bridgehead atoms. The molecular weight excluding hydrogens is 144 g/mol. The van der Waals surface area contributed by atoms with Crippen molar-refractivity contribution in [2.24, 2.45) is 0 Å². The summed E-state index contributed by atoms with van der Waals surface area (Å²) in [6.45, 7) is 2.04. The molecule has 5 nitrogen and oxygen atoms in total. The largest absolute Gasteiger partial charge is 0.381 e. The van der Waals surface area contributed by atoms with E-state index in [1.54, 1.807) is 0 Å². The Hall–Kier alpha value is -1.39. The van der Waals surface area contributed by atoms with Gasteiger partial charge in [0.2, 0.25) is 0 Å². The molecule has 0 aliphatic rings. The molecule has 0 saturated heterocycles. The molecule has 0 saturated carbocycles. The molecule has 0 spiro atoms. The van der Waals surface area contributed by atoms with Crippen LogP contribution in [-0.2, 0) is 11.3 Å². The highest BCUT2D eigenvalue weighted by atomic mass is 16.1. The van der Waals surface area contributed by atoms with Gasteiger partial charge in [0, 0.05) is 6.42 Å². The SMILES string of the molecule is CC(=O)CCn1ncc(N)n1. The van der Waals surface area contributed by atoms with E-state index in [1.807, 2.05) is 0 Å². The molecule has 0 unspecified atom stereocenters. The molecule has 1 heterocycles. The van der Waals surface area contributed by atoms with Crippen molar-refractivity contribution in [3.63, 3.8) is 0 Å². The van der Waals surface area contributed by atoms with Crippen LogP contribution in [-0.4, -0.2) is 20.8 Å². The van der Waals surface area contributed by atoms with Gasteiger partial charge in [-0.1, -0.05) is 0 Å². The number of aryl methyl sites for hydroxylation is 1. The number of Topliss-reactive ketones (excluding diaryl/α,β-unsaturated/α-hetero) is 1. The Bertz CT molecular complexity index is 255. The monoisotopic (exact) mass is 154 g/mol. The van der Waals surface area contributed by atoms with Crippen LogP contribution in [0.15, 0.2) is 6.20 Å². The van der Waals surface area contributed by atoms with E-state index < -0.39 is 0 Å². The molecule has 1 rings (SSSR count). The molecule has 0 aliphatic heterocycles. The maximum absolute atomic E-state index is 10.5.